The normalized spacial score (nSPS) is 13.7. The van der Waals surface area contributed by atoms with Gasteiger partial charge in [-0.05, 0) is 60.1 Å². The van der Waals surface area contributed by atoms with Crippen LogP contribution >= 0.6 is 0 Å². The molecule has 1 rings (SSSR count). The van der Waals surface area contributed by atoms with Crippen molar-refractivity contribution < 1.29 is 13.2 Å². The Bertz CT molecular complexity index is 589. The number of allylic oxidation sites excluding steroid dienone is 4. The van der Waals surface area contributed by atoms with Crippen LogP contribution in [0, 0.1) is 0 Å². The van der Waals surface area contributed by atoms with Crippen molar-refractivity contribution in [1.82, 2.24) is 0 Å². The minimum Gasteiger partial charge on any atom is -0.166 e. The number of rotatable bonds is 10. The lowest BCUT2D eigenvalue weighted by atomic mass is 9.86. The molecule has 0 bridgehead atoms. The zero-order valence-corrected chi connectivity index (χ0v) is 16.7. The van der Waals surface area contributed by atoms with E-state index < -0.39 is 11.7 Å². The molecule has 0 N–H and O–H groups in total. The number of hydrogen-bond acceptors (Lipinski definition) is 0. The van der Waals surface area contributed by atoms with Gasteiger partial charge in [0, 0.05) is 0 Å². The molecule has 0 aliphatic rings. The Morgan fingerprint density at radius 2 is 1.38 bits per heavy atom. The van der Waals surface area contributed by atoms with E-state index in [4.69, 9.17) is 0 Å². The molecule has 3 heteroatoms. The summed E-state index contributed by atoms with van der Waals surface area (Å²) in [5, 5.41) is 0. The van der Waals surface area contributed by atoms with Gasteiger partial charge in [-0.1, -0.05) is 71.6 Å². The maximum absolute atomic E-state index is 12.9. The van der Waals surface area contributed by atoms with Gasteiger partial charge >= 0.3 is 6.18 Å². The summed E-state index contributed by atoms with van der Waals surface area (Å²) in [4.78, 5) is 0. The Kier molecular flexibility index (Phi) is 9.75. The van der Waals surface area contributed by atoms with Crippen molar-refractivity contribution in [1.29, 1.82) is 0 Å². The van der Waals surface area contributed by atoms with Gasteiger partial charge in [0.25, 0.3) is 0 Å². The van der Waals surface area contributed by atoms with Gasteiger partial charge in [-0.3, -0.25) is 0 Å². The van der Waals surface area contributed by atoms with E-state index in [0.717, 1.165) is 56.9 Å². The molecule has 0 heterocycles. The van der Waals surface area contributed by atoms with Crippen LogP contribution in [0.25, 0.3) is 5.57 Å². The molecule has 0 fully saturated rings. The van der Waals surface area contributed by atoms with Crippen LogP contribution in [-0.2, 0) is 6.18 Å². The smallest absolute Gasteiger partial charge is 0.166 e. The van der Waals surface area contributed by atoms with Crippen molar-refractivity contribution in [3.05, 3.63) is 52.6 Å². The van der Waals surface area contributed by atoms with E-state index in [9.17, 15) is 13.2 Å². The summed E-state index contributed by atoms with van der Waals surface area (Å²) in [6, 6.07) is 5.72. The van der Waals surface area contributed by atoms with E-state index in [1.807, 2.05) is 0 Å². The molecule has 26 heavy (non-hydrogen) atoms. The molecule has 1 aromatic rings. The lowest BCUT2D eigenvalue weighted by Gasteiger charge is -2.19. The maximum Gasteiger partial charge on any atom is 0.416 e. The highest BCUT2D eigenvalue weighted by Crippen LogP contribution is 2.35. The fraction of sp³-hybridized carbons (Fsp3) is 0.565. The predicted octanol–water partition coefficient (Wildman–Crippen LogP) is 8.59. The van der Waals surface area contributed by atoms with Crippen LogP contribution in [0.1, 0.15) is 90.2 Å². The highest BCUT2D eigenvalue weighted by Gasteiger charge is 2.30. The van der Waals surface area contributed by atoms with Crippen LogP contribution in [-0.4, -0.2) is 0 Å². The average molecular weight is 367 g/mol. The fourth-order valence-electron chi connectivity index (χ4n) is 3.30. The zero-order valence-electron chi connectivity index (χ0n) is 16.7. The van der Waals surface area contributed by atoms with E-state index in [-0.39, 0.29) is 0 Å². The topological polar surface area (TPSA) is 0 Å². The van der Waals surface area contributed by atoms with Gasteiger partial charge < -0.3 is 0 Å². The maximum atomic E-state index is 12.9. The molecule has 0 aromatic heterocycles. The quantitative estimate of drug-likeness (QED) is 0.364. The van der Waals surface area contributed by atoms with Crippen molar-refractivity contribution in [3.8, 4) is 0 Å². The highest BCUT2D eigenvalue weighted by atomic mass is 19.4. The van der Waals surface area contributed by atoms with Gasteiger partial charge in [0.05, 0.1) is 5.56 Å². The summed E-state index contributed by atoms with van der Waals surface area (Å²) in [6.07, 6.45) is 6.22. The van der Waals surface area contributed by atoms with Crippen LogP contribution in [0.5, 0.6) is 0 Å². The van der Waals surface area contributed by atoms with Crippen molar-refractivity contribution in [3.63, 3.8) is 0 Å². The van der Waals surface area contributed by atoms with Crippen LogP contribution in [0.3, 0.4) is 0 Å². The molecule has 0 unspecified atom stereocenters. The first-order valence-electron chi connectivity index (χ1n) is 9.97. The van der Waals surface area contributed by atoms with Crippen LogP contribution in [0.2, 0.25) is 0 Å². The van der Waals surface area contributed by atoms with Gasteiger partial charge in [-0.2, -0.15) is 13.2 Å². The van der Waals surface area contributed by atoms with Crippen molar-refractivity contribution in [2.75, 3.05) is 0 Å². The van der Waals surface area contributed by atoms with E-state index in [1.54, 1.807) is 12.1 Å². The van der Waals surface area contributed by atoms with Crippen LogP contribution < -0.4 is 0 Å². The minimum atomic E-state index is -4.28. The van der Waals surface area contributed by atoms with Gasteiger partial charge in [-0.25, -0.2) is 0 Å². The Hall–Kier alpha value is -1.51. The van der Waals surface area contributed by atoms with Crippen molar-refractivity contribution in [2.24, 2.45) is 0 Å². The van der Waals surface area contributed by atoms with Crippen LogP contribution in [0.15, 0.2) is 41.5 Å². The number of hydrogen-bond donors (Lipinski definition) is 0. The van der Waals surface area contributed by atoms with Crippen molar-refractivity contribution >= 4 is 5.57 Å². The highest BCUT2D eigenvalue weighted by molar-refractivity contribution is 5.72. The summed E-state index contributed by atoms with van der Waals surface area (Å²) >= 11 is 0. The fourth-order valence-corrected chi connectivity index (χ4v) is 3.30. The molecule has 0 aliphatic heterocycles. The number of benzene rings is 1. The number of unbranched alkanes of at least 4 members (excludes halogenated alkanes) is 1. The Balaban J connectivity index is 3.44. The number of halogens is 3. The Labute approximate surface area is 157 Å². The second kappa shape index (κ2) is 11.3. The lowest BCUT2D eigenvalue weighted by molar-refractivity contribution is -0.137. The molecule has 0 atom stereocenters. The monoisotopic (exact) mass is 366 g/mol. The van der Waals surface area contributed by atoms with E-state index in [2.05, 4.69) is 33.8 Å². The molecule has 146 valence electrons. The Morgan fingerprint density at radius 3 is 1.85 bits per heavy atom. The first-order chi connectivity index (χ1) is 12.4. The molecular formula is C23H33F3. The van der Waals surface area contributed by atoms with Gasteiger partial charge in [0.1, 0.15) is 0 Å². The van der Waals surface area contributed by atoms with E-state index in [0.29, 0.717) is 0 Å². The third-order valence-electron chi connectivity index (χ3n) is 4.51. The van der Waals surface area contributed by atoms with E-state index >= 15 is 0 Å². The third kappa shape index (κ3) is 6.66. The summed E-state index contributed by atoms with van der Waals surface area (Å²) in [5.74, 6) is 0. The predicted molar refractivity (Wildman–Crippen MR) is 106 cm³/mol. The van der Waals surface area contributed by atoms with Gasteiger partial charge in [-0.15, -0.1) is 0 Å². The molecule has 0 nitrogen and oxygen atoms in total. The largest absolute Gasteiger partial charge is 0.416 e. The molecular weight excluding hydrogens is 333 g/mol. The lowest BCUT2D eigenvalue weighted by Crippen LogP contribution is -2.05. The van der Waals surface area contributed by atoms with Gasteiger partial charge in [0.15, 0.2) is 0 Å². The molecule has 0 saturated carbocycles. The summed E-state index contributed by atoms with van der Waals surface area (Å²) < 4.78 is 38.7. The standard InChI is InChI=1S/C23H33F3/c1-5-9-13-18(10-6-2)21(11-7-3)22(12-8-4)19-14-16-20(17-15-19)23(24,25)26/h13-17H,5-12H2,1-4H3/b18-13+,22-21-. The molecule has 1 aromatic carbocycles. The minimum absolute atomic E-state index is 0.579. The third-order valence-corrected chi connectivity index (χ3v) is 4.51. The second-order valence-electron chi connectivity index (χ2n) is 6.80. The molecule has 0 saturated heterocycles. The first-order valence-corrected chi connectivity index (χ1v) is 9.97. The molecule has 0 amide bonds. The first kappa shape index (κ1) is 22.5. The van der Waals surface area contributed by atoms with Crippen LogP contribution in [0.4, 0.5) is 13.2 Å². The Morgan fingerprint density at radius 1 is 0.808 bits per heavy atom. The average Bonchev–Trinajstić information content (AvgIpc) is 2.61. The summed E-state index contributed by atoms with van der Waals surface area (Å²) in [6.45, 7) is 8.65. The second-order valence-corrected chi connectivity index (χ2v) is 6.80. The van der Waals surface area contributed by atoms with E-state index in [1.165, 1.54) is 28.9 Å². The SMILES string of the molecule is CCC/C=C(CCC)/C(CCC)=C(/CCC)c1ccc(C(F)(F)F)cc1. The number of alkyl halides is 3. The van der Waals surface area contributed by atoms with Gasteiger partial charge in [0.2, 0.25) is 0 Å². The molecule has 0 spiro atoms. The van der Waals surface area contributed by atoms with Crippen molar-refractivity contribution in [2.45, 2.75) is 85.2 Å². The zero-order chi connectivity index (χ0) is 19.6. The summed E-state index contributed by atoms with van der Waals surface area (Å²) in [5.41, 5.74) is 4.31. The molecule has 0 aliphatic carbocycles. The molecule has 0 radical (unpaired) electrons. The summed E-state index contributed by atoms with van der Waals surface area (Å²) in [7, 11) is 0.